The normalized spacial score (nSPS) is 26.1. The molecule has 0 aromatic carbocycles. The van der Waals surface area contributed by atoms with E-state index in [0.717, 1.165) is 25.5 Å². The first-order valence-electron chi connectivity index (χ1n) is 5.51. The van der Waals surface area contributed by atoms with Crippen LogP contribution < -0.4 is 0 Å². The van der Waals surface area contributed by atoms with E-state index in [1.807, 2.05) is 6.92 Å². The molecule has 0 aromatic heterocycles. The minimum Gasteiger partial charge on any atom is -0.481 e. The molecule has 0 unspecified atom stereocenters. The molecule has 0 saturated heterocycles. The first-order chi connectivity index (χ1) is 6.35. The van der Waals surface area contributed by atoms with Gasteiger partial charge in [-0.1, -0.05) is 19.3 Å². The lowest BCUT2D eigenvalue weighted by Gasteiger charge is -2.31. The lowest BCUT2D eigenvalue weighted by atomic mass is 9.73. The molecule has 2 nitrogen and oxygen atoms in total. The van der Waals surface area contributed by atoms with Crippen molar-refractivity contribution < 1.29 is 4.74 Å². The van der Waals surface area contributed by atoms with E-state index < -0.39 is 0 Å². The average Bonchev–Trinajstić information content (AvgIpc) is 2.51. The highest BCUT2D eigenvalue weighted by atomic mass is 16.5. The largest absolute Gasteiger partial charge is 0.481 e. The smallest absolute Gasteiger partial charge is 0.183 e. The minimum atomic E-state index is 0.517. The summed E-state index contributed by atoms with van der Waals surface area (Å²) in [5.74, 6) is 1.02. The van der Waals surface area contributed by atoms with Crippen LogP contribution in [-0.2, 0) is 4.74 Å². The summed E-state index contributed by atoms with van der Waals surface area (Å²) < 4.78 is 5.48. The van der Waals surface area contributed by atoms with Crippen LogP contribution in [0.4, 0.5) is 0 Å². The first kappa shape index (κ1) is 9.04. The molecule has 13 heavy (non-hydrogen) atoms. The second-order valence-corrected chi connectivity index (χ2v) is 4.38. The Morgan fingerprint density at radius 2 is 2.08 bits per heavy atom. The Hall–Kier alpha value is -0.530. The summed E-state index contributed by atoms with van der Waals surface area (Å²) in [6, 6.07) is 0. The number of nitrogens with zero attached hydrogens (tertiary/aromatic N) is 1. The fraction of sp³-hybridized carbons (Fsp3) is 0.909. The molecule has 1 aliphatic carbocycles. The van der Waals surface area contributed by atoms with E-state index in [0.29, 0.717) is 5.41 Å². The Kier molecular flexibility index (Phi) is 2.56. The summed E-state index contributed by atoms with van der Waals surface area (Å²) in [5, 5.41) is 0. The molecule has 0 amide bonds. The van der Waals surface area contributed by atoms with Gasteiger partial charge >= 0.3 is 0 Å². The van der Waals surface area contributed by atoms with Crippen LogP contribution in [-0.4, -0.2) is 19.0 Å². The van der Waals surface area contributed by atoms with Crippen molar-refractivity contribution >= 4 is 5.90 Å². The highest BCUT2D eigenvalue weighted by Crippen LogP contribution is 2.42. The number of ether oxygens (including phenoxy) is 1. The molecular formula is C11H19NO. The fourth-order valence-electron chi connectivity index (χ4n) is 2.59. The highest BCUT2D eigenvalue weighted by molar-refractivity contribution is 5.78. The van der Waals surface area contributed by atoms with Crippen molar-refractivity contribution in [3.8, 4) is 0 Å². The van der Waals surface area contributed by atoms with E-state index in [-0.39, 0.29) is 0 Å². The molecule has 2 aliphatic rings. The van der Waals surface area contributed by atoms with E-state index in [2.05, 4.69) is 4.99 Å². The van der Waals surface area contributed by atoms with Crippen molar-refractivity contribution in [1.29, 1.82) is 0 Å². The lowest BCUT2D eigenvalue weighted by Crippen LogP contribution is -2.25. The zero-order chi connectivity index (χ0) is 9.15. The van der Waals surface area contributed by atoms with Crippen molar-refractivity contribution in [2.75, 3.05) is 13.2 Å². The second-order valence-electron chi connectivity index (χ2n) is 4.38. The molecule has 74 valence electrons. The molecule has 0 radical (unpaired) electrons. The van der Waals surface area contributed by atoms with Crippen molar-refractivity contribution in [2.24, 2.45) is 10.4 Å². The molecule has 2 heteroatoms. The van der Waals surface area contributed by atoms with E-state index in [1.165, 1.54) is 32.1 Å². The van der Waals surface area contributed by atoms with Crippen LogP contribution in [0.3, 0.4) is 0 Å². The van der Waals surface area contributed by atoms with Crippen LogP contribution in [0, 0.1) is 5.41 Å². The molecular weight excluding hydrogens is 162 g/mol. The van der Waals surface area contributed by atoms with Gasteiger partial charge in [0, 0.05) is 13.0 Å². The molecule has 0 N–H and O–H groups in total. The minimum absolute atomic E-state index is 0.517. The van der Waals surface area contributed by atoms with Gasteiger partial charge in [-0.05, 0) is 25.2 Å². The zero-order valence-electron chi connectivity index (χ0n) is 8.51. The highest BCUT2D eigenvalue weighted by Gasteiger charge is 2.37. The number of hydrogen-bond acceptors (Lipinski definition) is 2. The second kappa shape index (κ2) is 3.69. The maximum absolute atomic E-state index is 5.48. The third kappa shape index (κ3) is 1.87. The van der Waals surface area contributed by atoms with Gasteiger partial charge in [0.25, 0.3) is 0 Å². The van der Waals surface area contributed by atoms with Gasteiger partial charge in [0.2, 0.25) is 0 Å². The Labute approximate surface area is 80.4 Å². The SMILES string of the molecule is CCOC1=NCC2(CCCCC2)C1. The van der Waals surface area contributed by atoms with Crippen LogP contribution >= 0.6 is 0 Å². The Morgan fingerprint density at radius 1 is 1.31 bits per heavy atom. The van der Waals surface area contributed by atoms with Crippen LogP contribution in [0.15, 0.2) is 4.99 Å². The summed E-state index contributed by atoms with van der Waals surface area (Å²) in [5.41, 5.74) is 0.517. The van der Waals surface area contributed by atoms with Gasteiger partial charge in [-0.15, -0.1) is 0 Å². The van der Waals surface area contributed by atoms with Crippen molar-refractivity contribution in [3.63, 3.8) is 0 Å². The molecule has 1 spiro atoms. The van der Waals surface area contributed by atoms with Crippen molar-refractivity contribution in [1.82, 2.24) is 0 Å². The molecule has 1 aliphatic heterocycles. The molecule has 1 heterocycles. The molecule has 1 fully saturated rings. The van der Waals surface area contributed by atoms with E-state index in [4.69, 9.17) is 4.74 Å². The monoisotopic (exact) mass is 181 g/mol. The van der Waals surface area contributed by atoms with Gasteiger partial charge in [0.05, 0.1) is 6.61 Å². The van der Waals surface area contributed by atoms with Gasteiger partial charge in [-0.25, -0.2) is 0 Å². The average molecular weight is 181 g/mol. The fourth-order valence-corrected chi connectivity index (χ4v) is 2.59. The van der Waals surface area contributed by atoms with E-state index in [9.17, 15) is 0 Å². The molecule has 1 saturated carbocycles. The molecule has 0 bridgehead atoms. The standard InChI is InChI=1S/C11H19NO/c1-2-13-10-8-11(9-12-10)6-4-3-5-7-11/h2-9H2,1H3. The first-order valence-corrected chi connectivity index (χ1v) is 5.51. The number of hydrogen-bond donors (Lipinski definition) is 0. The predicted octanol–water partition coefficient (Wildman–Crippen LogP) is 2.78. The van der Waals surface area contributed by atoms with Crippen molar-refractivity contribution in [3.05, 3.63) is 0 Å². The van der Waals surface area contributed by atoms with Gasteiger partial charge in [0.15, 0.2) is 5.90 Å². The molecule has 0 aromatic rings. The van der Waals surface area contributed by atoms with Gasteiger partial charge in [-0.2, -0.15) is 0 Å². The van der Waals surface area contributed by atoms with Gasteiger partial charge < -0.3 is 4.74 Å². The Balaban J connectivity index is 1.91. The quantitative estimate of drug-likeness (QED) is 0.609. The van der Waals surface area contributed by atoms with Gasteiger partial charge in [-0.3, -0.25) is 4.99 Å². The maximum atomic E-state index is 5.48. The number of rotatable bonds is 1. The third-order valence-corrected chi connectivity index (χ3v) is 3.34. The Bertz CT molecular complexity index is 204. The van der Waals surface area contributed by atoms with Crippen LogP contribution in [0.2, 0.25) is 0 Å². The van der Waals surface area contributed by atoms with Gasteiger partial charge in [0.1, 0.15) is 0 Å². The summed E-state index contributed by atoms with van der Waals surface area (Å²) in [6.07, 6.45) is 8.07. The van der Waals surface area contributed by atoms with Crippen LogP contribution in [0.5, 0.6) is 0 Å². The Morgan fingerprint density at radius 3 is 2.77 bits per heavy atom. The van der Waals surface area contributed by atoms with E-state index >= 15 is 0 Å². The van der Waals surface area contributed by atoms with Crippen LogP contribution in [0.1, 0.15) is 45.4 Å². The summed E-state index contributed by atoms with van der Waals surface area (Å²) >= 11 is 0. The summed E-state index contributed by atoms with van der Waals surface area (Å²) in [7, 11) is 0. The number of aliphatic imine (C=N–C) groups is 1. The topological polar surface area (TPSA) is 21.6 Å². The van der Waals surface area contributed by atoms with Crippen LogP contribution in [0.25, 0.3) is 0 Å². The summed E-state index contributed by atoms with van der Waals surface area (Å²) in [6.45, 7) is 3.84. The van der Waals surface area contributed by atoms with E-state index in [1.54, 1.807) is 0 Å². The molecule has 0 atom stereocenters. The zero-order valence-corrected chi connectivity index (χ0v) is 8.51. The molecule has 2 rings (SSSR count). The maximum Gasteiger partial charge on any atom is 0.183 e. The lowest BCUT2D eigenvalue weighted by molar-refractivity contribution is 0.211. The predicted molar refractivity (Wildman–Crippen MR) is 54.1 cm³/mol. The summed E-state index contributed by atoms with van der Waals surface area (Å²) in [4.78, 5) is 4.50. The van der Waals surface area contributed by atoms with Crippen molar-refractivity contribution in [2.45, 2.75) is 45.4 Å². The third-order valence-electron chi connectivity index (χ3n) is 3.34.